The Hall–Kier alpha value is -1.08. The van der Waals surface area contributed by atoms with Gasteiger partial charge in [0.05, 0.1) is 25.6 Å². The molecule has 1 aromatic carbocycles. The summed E-state index contributed by atoms with van der Waals surface area (Å²) < 4.78 is 4.59. The van der Waals surface area contributed by atoms with Crippen LogP contribution < -0.4 is 5.32 Å². The summed E-state index contributed by atoms with van der Waals surface area (Å²) in [5.41, 5.74) is 2.51. The van der Waals surface area contributed by atoms with Gasteiger partial charge >= 0.3 is 0 Å². The second-order valence-corrected chi connectivity index (χ2v) is 7.09. The Kier molecular flexibility index (Phi) is 7.89. The molecule has 124 valence electrons. The lowest BCUT2D eigenvalue weighted by Crippen LogP contribution is -2.30. The van der Waals surface area contributed by atoms with Crippen molar-refractivity contribution in [2.75, 3.05) is 26.0 Å². The highest BCUT2D eigenvalue weighted by molar-refractivity contribution is 8.00. The summed E-state index contributed by atoms with van der Waals surface area (Å²) in [6.07, 6.45) is 0. The van der Waals surface area contributed by atoms with Crippen molar-refractivity contribution in [3.63, 3.8) is 0 Å². The molecule has 0 saturated heterocycles. The third-order valence-electron chi connectivity index (χ3n) is 3.31. The van der Waals surface area contributed by atoms with E-state index in [1.54, 1.807) is 13.2 Å². The van der Waals surface area contributed by atoms with Gasteiger partial charge in [0.15, 0.2) is 0 Å². The number of hydrogen-bond donors (Lipinski definition) is 3. The van der Waals surface area contributed by atoms with Crippen molar-refractivity contribution in [2.45, 2.75) is 31.8 Å². The molecule has 0 radical (unpaired) electrons. The first-order valence-electron chi connectivity index (χ1n) is 7.17. The van der Waals surface area contributed by atoms with Crippen molar-refractivity contribution in [1.82, 2.24) is 5.32 Å². The number of methoxy groups -OCH3 is 1. The number of thioether (sulfide) groups is 1. The first kappa shape index (κ1) is 19.0. The number of nitrogens with one attached hydrogen (secondary N) is 1. The molecule has 0 atom stereocenters. The highest BCUT2D eigenvalue weighted by atomic mass is 32.2. The van der Waals surface area contributed by atoms with Gasteiger partial charge in [0.25, 0.3) is 0 Å². The first-order valence-corrected chi connectivity index (χ1v) is 8.16. The van der Waals surface area contributed by atoms with E-state index in [0.29, 0.717) is 18.9 Å². The minimum Gasteiger partial charge on any atom is -0.392 e. The molecule has 3 N–H and O–H groups in total. The van der Waals surface area contributed by atoms with Crippen LogP contribution in [-0.4, -0.2) is 42.1 Å². The molecule has 1 amide bonds. The average Bonchev–Trinajstić information content (AvgIpc) is 2.52. The molecule has 0 spiro atoms. The van der Waals surface area contributed by atoms with Crippen LogP contribution in [0.1, 0.15) is 30.5 Å². The van der Waals surface area contributed by atoms with Crippen molar-refractivity contribution >= 4 is 17.7 Å². The second kappa shape index (κ2) is 9.15. The van der Waals surface area contributed by atoms with E-state index in [1.165, 1.54) is 11.8 Å². The summed E-state index contributed by atoms with van der Waals surface area (Å²) >= 11 is 1.52. The topological polar surface area (TPSA) is 78.8 Å². The van der Waals surface area contributed by atoms with Crippen molar-refractivity contribution < 1.29 is 19.7 Å². The fourth-order valence-electron chi connectivity index (χ4n) is 1.97. The van der Waals surface area contributed by atoms with Gasteiger partial charge in [-0.25, -0.2) is 0 Å². The number of rotatable bonds is 9. The second-order valence-electron chi connectivity index (χ2n) is 5.50. The van der Waals surface area contributed by atoms with Gasteiger partial charge in [-0.3, -0.25) is 4.79 Å². The molecule has 0 bridgehead atoms. The van der Waals surface area contributed by atoms with Crippen molar-refractivity contribution in [3.8, 4) is 0 Å². The van der Waals surface area contributed by atoms with Crippen LogP contribution in [0, 0.1) is 0 Å². The number of hydrogen-bond acceptors (Lipinski definition) is 5. The smallest absolute Gasteiger partial charge is 0.230 e. The van der Waals surface area contributed by atoms with Gasteiger partial charge in [-0.05, 0) is 30.5 Å². The van der Waals surface area contributed by atoms with E-state index < -0.39 is 0 Å². The highest BCUT2D eigenvalue weighted by Gasteiger charge is 2.23. The van der Waals surface area contributed by atoms with Gasteiger partial charge in [-0.15, -0.1) is 11.8 Å². The van der Waals surface area contributed by atoms with E-state index in [2.05, 4.69) is 5.32 Å². The maximum Gasteiger partial charge on any atom is 0.230 e. The Morgan fingerprint density at radius 1 is 1.23 bits per heavy atom. The molecule has 0 aromatic heterocycles. The Morgan fingerprint density at radius 2 is 1.82 bits per heavy atom. The lowest BCUT2D eigenvalue weighted by Gasteiger charge is -2.25. The molecule has 0 unspecified atom stereocenters. The number of amides is 1. The lowest BCUT2D eigenvalue weighted by molar-refractivity contribution is -0.118. The number of carbonyl (C=O) groups excluding carboxylic acids is 1. The Morgan fingerprint density at radius 3 is 2.32 bits per heavy atom. The summed E-state index contributed by atoms with van der Waals surface area (Å²) in [5.74, 6) is 0.310. The van der Waals surface area contributed by atoms with Crippen LogP contribution in [0.2, 0.25) is 0 Å². The normalized spacial score (nSPS) is 11.5. The molecular formula is C16H25NO4S. The van der Waals surface area contributed by atoms with Gasteiger partial charge in [0.1, 0.15) is 0 Å². The molecule has 0 aliphatic heterocycles. The van der Waals surface area contributed by atoms with E-state index in [0.717, 1.165) is 16.7 Å². The third kappa shape index (κ3) is 5.96. The molecule has 1 aromatic rings. The number of ether oxygens (including phenoxy) is 1. The standard InChI is InChI=1S/C16H25NO4S/c1-16(2,22-11-15(20)17-4-5-21-3)14-7-12(9-18)6-13(8-14)10-19/h6-8,18-19H,4-5,9-11H2,1-3H3,(H,17,20). The highest BCUT2D eigenvalue weighted by Crippen LogP contribution is 2.36. The van der Waals surface area contributed by atoms with Gasteiger partial charge < -0.3 is 20.3 Å². The Labute approximate surface area is 136 Å². The molecule has 0 heterocycles. The Balaban J connectivity index is 2.71. The molecule has 0 fully saturated rings. The summed E-state index contributed by atoms with van der Waals surface area (Å²) in [6, 6.07) is 5.60. The van der Waals surface area contributed by atoms with E-state index in [9.17, 15) is 15.0 Å². The fraction of sp³-hybridized carbons (Fsp3) is 0.562. The van der Waals surface area contributed by atoms with E-state index >= 15 is 0 Å². The van der Waals surface area contributed by atoms with Gasteiger partial charge in [0.2, 0.25) is 5.91 Å². The number of carbonyl (C=O) groups is 1. The zero-order valence-electron chi connectivity index (χ0n) is 13.4. The molecule has 0 aliphatic rings. The van der Waals surface area contributed by atoms with Crippen LogP contribution in [0.4, 0.5) is 0 Å². The third-order valence-corrected chi connectivity index (χ3v) is 4.67. The quantitative estimate of drug-likeness (QED) is 0.598. The van der Waals surface area contributed by atoms with Crippen LogP contribution in [0.3, 0.4) is 0 Å². The summed E-state index contributed by atoms with van der Waals surface area (Å²) in [4.78, 5) is 11.8. The maximum atomic E-state index is 11.8. The molecule has 5 nitrogen and oxygen atoms in total. The molecule has 6 heteroatoms. The SMILES string of the molecule is COCCNC(=O)CSC(C)(C)c1cc(CO)cc(CO)c1. The van der Waals surface area contributed by atoms with E-state index in [1.807, 2.05) is 26.0 Å². The summed E-state index contributed by atoms with van der Waals surface area (Å²) in [6.45, 7) is 4.91. The fourth-order valence-corrected chi connectivity index (χ4v) is 2.84. The molecule has 22 heavy (non-hydrogen) atoms. The number of aliphatic hydroxyl groups excluding tert-OH is 2. The monoisotopic (exact) mass is 327 g/mol. The van der Waals surface area contributed by atoms with Crippen LogP contribution in [0.15, 0.2) is 18.2 Å². The van der Waals surface area contributed by atoms with Gasteiger partial charge in [-0.2, -0.15) is 0 Å². The van der Waals surface area contributed by atoms with Crippen LogP contribution in [-0.2, 0) is 27.5 Å². The minimum atomic E-state index is -0.298. The van der Waals surface area contributed by atoms with Crippen LogP contribution in [0.25, 0.3) is 0 Å². The largest absolute Gasteiger partial charge is 0.392 e. The summed E-state index contributed by atoms with van der Waals surface area (Å²) in [5, 5.41) is 21.4. The number of benzene rings is 1. The zero-order chi connectivity index (χ0) is 16.6. The van der Waals surface area contributed by atoms with E-state index in [4.69, 9.17) is 4.74 Å². The number of aliphatic hydroxyl groups is 2. The van der Waals surface area contributed by atoms with Crippen molar-refractivity contribution in [2.24, 2.45) is 0 Å². The predicted octanol–water partition coefficient (Wildman–Crippen LogP) is 1.40. The molecular weight excluding hydrogens is 302 g/mol. The Bertz CT molecular complexity index is 469. The van der Waals surface area contributed by atoms with Crippen LogP contribution in [0.5, 0.6) is 0 Å². The maximum absolute atomic E-state index is 11.8. The predicted molar refractivity (Wildman–Crippen MR) is 88.7 cm³/mol. The molecule has 0 saturated carbocycles. The minimum absolute atomic E-state index is 0.0316. The average molecular weight is 327 g/mol. The van der Waals surface area contributed by atoms with Crippen LogP contribution >= 0.6 is 11.8 Å². The van der Waals surface area contributed by atoms with Gasteiger partial charge in [-0.1, -0.05) is 18.2 Å². The molecule has 0 aliphatic carbocycles. The first-order chi connectivity index (χ1) is 10.4. The zero-order valence-corrected chi connectivity index (χ0v) is 14.2. The van der Waals surface area contributed by atoms with E-state index in [-0.39, 0.29) is 23.9 Å². The van der Waals surface area contributed by atoms with Crippen molar-refractivity contribution in [3.05, 3.63) is 34.9 Å². The van der Waals surface area contributed by atoms with Gasteiger partial charge in [0, 0.05) is 18.4 Å². The van der Waals surface area contributed by atoms with Crippen molar-refractivity contribution in [1.29, 1.82) is 0 Å². The molecule has 1 rings (SSSR count). The summed E-state index contributed by atoms with van der Waals surface area (Å²) in [7, 11) is 1.59. The lowest BCUT2D eigenvalue weighted by atomic mass is 9.97.